The van der Waals surface area contributed by atoms with E-state index in [0.717, 1.165) is 18.1 Å². The van der Waals surface area contributed by atoms with Crippen LogP contribution < -0.4 is 21.2 Å². The van der Waals surface area contributed by atoms with Crippen LogP contribution in [0, 0.1) is 5.82 Å². The number of aromatic nitrogens is 1. The molecule has 0 saturated carbocycles. The standard InChI is InChI=1S/C20H18FN3O3.2ClH/c21-18-6-5-16(27-15-3-1-13(2-4-15)7-9-22)12-17(18)20(26)24-19-11-14(25)8-10-23-19;;/h1-6,8,10-12H,7,9,22H2,(H2,23,24,25,26);2*1H. The van der Waals surface area contributed by atoms with Gasteiger partial charge in [0.1, 0.15) is 23.1 Å². The van der Waals surface area contributed by atoms with Crippen LogP contribution in [0.4, 0.5) is 10.2 Å². The Kier molecular flexibility index (Phi) is 9.34. The zero-order valence-electron chi connectivity index (χ0n) is 15.2. The minimum absolute atomic E-state index is 0. The molecular weight excluding hydrogens is 420 g/mol. The molecule has 0 radical (unpaired) electrons. The maximum Gasteiger partial charge on any atom is 0.259 e. The second-order valence-corrected chi connectivity index (χ2v) is 5.82. The summed E-state index contributed by atoms with van der Waals surface area (Å²) in [6.07, 6.45) is 2.16. The van der Waals surface area contributed by atoms with Crippen LogP contribution in [0.3, 0.4) is 0 Å². The van der Waals surface area contributed by atoms with Crippen LogP contribution >= 0.6 is 24.8 Å². The molecule has 4 N–H and O–H groups in total. The van der Waals surface area contributed by atoms with E-state index in [9.17, 15) is 14.0 Å². The first-order chi connectivity index (χ1) is 13.0. The van der Waals surface area contributed by atoms with Crippen molar-refractivity contribution in [1.82, 2.24) is 4.98 Å². The lowest BCUT2D eigenvalue weighted by Gasteiger charge is -2.10. The maximum atomic E-state index is 14.1. The van der Waals surface area contributed by atoms with E-state index in [1.807, 2.05) is 12.1 Å². The molecule has 1 amide bonds. The molecule has 29 heavy (non-hydrogen) atoms. The molecule has 3 aromatic rings. The summed E-state index contributed by atoms with van der Waals surface area (Å²) >= 11 is 0. The van der Waals surface area contributed by atoms with Crippen molar-refractivity contribution in [2.24, 2.45) is 5.73 Å². The smallest absolute Gasteiger partial charge is 0.259 e. The molecule has 6 nitrogen and oxygen atoms in total. The van der Waals surface area contributed by atoms with Crippen LogP contribution in [-0.2, 0) is 6.42 Å². The van der Waals surface area contributed by atoms with E-state index >= 15 is 0 Å². The number of rotatable bonds is 6. The molecule has 0 atom stereocenters. The number of ether oxygens (including phenoxy) is 1. The predicted molar refractivity (Wildman–Crippen MR) is 115 cm³/mol. The number of carbonyl (C=O) groups excluding carboxylic acids is 1. The van der Waals surface area contributed by atoms with Crippen molar-refractivity contribution in [3.8, 4) is 11.5 Å². The van der Waals surface area contributed by atoms with Gasteiger partial charge in [-0.15, -0.1) is 24.8 Å². The number of anilines is 1. The normalized spacial score (nSPS) is 9.72. The lowest BCUT2D eigenvalue weighted by atomic mass is 10.1. The van der Waals surface area contributed by atoms with E-state index in [1.54, 1.807) is 12.1 Å². The van der Waals surface area contributed by atoms with E-state index in [2.05, 4.69) is 10.3 Å². The Morgan fingerprint density at radius 1 is 1.03 bits per heavy atom. The third-order valence-electron chi connectivity index (χ3n) is 3.80. The molecule has 1 aromatic heterocycles. The molecule has 0 saturated heterocycles. The fourth-order valence-electron chi connectivity index (χ4n) is 2.48. The van der Waals surface area contributed by atoms with Crippen LogP contribution in [-0.4, -0.2) is 17.4 Å². The van der Waals surface area contributed by atoms with Gasteiger partial charge in [0.25, 0.3) is 5.91 Å². The van der Waals surface area contributed by atoms with Crippen molar-refractivity contribution in [3.05, 3.63) is 88.0 Å². The van der Waals surface area contributed by atoms with Gasteiger partial charge in [-0.1, -0.05) is 12.1 Å². The first-order valence-corrected chi connectivity index (χ1v) is 8.31. The minimum Gasteiger partial charge on any atom is -0.457 e. The van der Waals surface area contributed by atoms with Gasteiger partial charge >= 0.3 is 0 Å². The number of hydrogen-bond acceptors (Lipinski definition) is 4. The number of carbonyl (C=O) groups is 1. The Labute approximate surface area is 179 Å². The molecule has 0 bridgehead atoms. The van der Waals surface area contributed by atoms with Crippen LogP contribution in [0.25, 0.3) is 0 Å². The summed E-state index contributed by atoms with van der Waals surface area (Å²) in [4.78, 5) is 26.4. The Morgan fingerprint density at radius 2 is 1.72 bits per heavy atom. The van der Waals surface area contributed by atoms with Gasteiger partial charge in [0, 0.05) is 18.3 Å². The van der Waals surface area contributed by atoms with Gasteiger partial charge in [0.15, 0.2) is 5.43 Å². The SMILES string of the molecule is Cl.Cl.NCCc1ccc(Oc2ccc(F)c(C(=O)Nc3cc(=O)cc[nH]3)c2)cc1. The van der Waals surface area contributed by atoms with E-state index in [1.165, 1.54) is 30.5 Å². The lowest BCUT2D eigenvalue weighted by Crippen LogP contribution is -2.16. The van der Waals surface area contributed by atoms with E-state index < -0.39 is 11.7 Å². The Balaban J connectivity index is 0.00000210. The van der Waals surface area contributed by atoms with E-state index in [4.69, 9.17) is 10.5 Å². The minimum atomic E-state index is -0.698. The number of aromatic amines is 1. The topological polar surface area (TPSA) is 97.2 Å². The van der Waals surface area contributed by atoms with Crippen LogP contribution in [0.5, 0.6) is 11.5 Å². The summed E-state index contributed by atoms with van der Waals surface area (Å²) in [6.45, 7) is 0.559. The Hall–Kier alpha value is -2.87. The number of nitrogens with two attached hydrogens (primary N) is 1. The first kappa shape index (κ1) is 24.2. The van der Waals surface area contributed by atoms with Gasteiger partial charge in [-0.05, 0) is 48.9 Å². The summed E-state index contributed by atoms with van der Waals surface area (Å²) in [5.41, 5.74) is 6.13. The lowest BCUT2D eigenvalue weighted by molar-refractivity contribution is 0.102. The van der Waals surface area contributed by atoms with Crippen molar-refractivity contribution in [1.29, 1.82) is 0 Å². The Morgan fingerprint density at radius 3 is 2.38 bits per heavy atom. The van der Waals surface area contributed by atoms with Gasteiger partial charge in [-0.25, -0.2) is 4.39 Å². The van der Waals surface area contributed by atoms with Crippen LogP contribution in [0.15, 0.2) is 65.6 Å². The number of pyridine rings is 1. The fourth-order valence-corrected chi connectivity index (χ4v) is 2.48. The van der Waals surface area contributed by atoms with Gasteiger partial charge in [-0.2, -0.15) is 0 Å². The second kappa shape index (κ2) is 11.2. The zero-order chi connectivity index (χ0) is 19.2. The van der Waals surface area contributed by atoms with Gasteiger partial charge < -0.3 is 20.8 Å². The highest BCUT2D eigenvalue weighted by molar-refractivity contribution is 6.04. The summed E-state index contributed by atoms with van der Waals surface area (Å²) in [6, 6.07) is 13.8. The molecule has 2 aromatic carbocycles. The van der Waals surface area contributed by atoms with Gasteiger partial charge in [-0.3, -0.25) is 9.59 Å². The molecule has 0 aliphatic rings. The highest BCUT2D eigenvalue weighted by Gasteiger charge is 2.14. The number of nitrogens with one attached hydrogen (secondary N) is 2. The van der Waals surface area contributed by atoms with Crippen molar-refractivity contribution in [3.63, 3.8) is 0 Å². The van der Waals surface area contributed by atoms with Gasteiger partial charge in [0.05, 0.1) is 5.56 Å². The number of H-pyrrole nitrogens is 1. The molecule has 9 heteroatoms. The summed E-state index contributed by atoms with van der Waals surface area (Å²) in [5, 5.41) is 2.45. The second-order valence-electron chi connectivity index (χ2n) is 5.82. The number of benzene rings is 2. The van der Waals surface area contributed by atoms with Gasteiger partial charge in [0.2, 0.25) is 0 Å². The molecule has 0 fully saturated rings. The highest BCUT2D eigenvalue weighted by Crippen LogP contribution is 2.24. The zero-order valence-corrected chi connectivity index (χ0v) is 16.8. The fraction of sp³-hybridized carbons (Fsp3) is 0.100. The maximum absolute atomic E-state index is 14.1. The molecule has 3 rings (SSSR count). The average molecular weight is 440 g/mol. The van der Waals surface area contributed by atoms with Crippen LogP contribution in [0.1, 0.15) is 15.9 Å². The molecule has 1 heterocycles. The van der Waals surface area contributed by atoms with Crippen molar-refractivity contribution in [2.75, 3.05) is 11.9 Å². The summed E-state index contributed by atoms with van der Waals surface area (Å²) in [5.74, 6) is -0.348. The van der Waals surface area contributed by atoms with Crippen LogP contribution in [0.2, 0.25) is 0 Å². The number of hydrogen-bond donors (Lipinski definition) is 3. The first-order valence-electron chi connectivity index (χ1n) is 8.31. The number of amides is 1. The molecule has 0 aliphatic heterocycles. The highest BCUT2D eigenvalue weighted by atomic mass is 35.5. The summed E-state index contributed by atoms with van der Waals surface area (Å²) in [7, 11) is 0. The van der Waals surface area contributed by atoms with Crippen molar-refractivity contribution >= 4 is 36.5 Å². The quantitative estimate of drug-likeness (QED) is 0.542. The van der Waals surface area contributed by atoms with E-state index in [0.29, 0.717) is 18.0 Å². The Bertz CT molecular complexity index is 1010. The molecule has 0 aliphatic carbocycles. The molecular formula is C20H20Cl2FN3O3. The molecule has 154 valence electrons. The number of halogens is 3. The molecule has 0 unspecified atom stereocenters. The van der Waals surface area contributed by atoms with Crippen molar-refractivity contribution in [2.45, 2.75) is 6.42 Å². The summed E-state index contributed by atoms with van der Waals surface area (Å²) < 4.78 is 19.8. The largest absolute Gasteiger partial charge is 0.457 e. The average Bonchev–Trinajstić information content (AvgIpc) is 2.65. The third-order valence-corrected chi connectivity index (χ3v) is 3.80. The monoisotopic (exact) mass is 439 g/mol. The third kappa shape index (κ3) is 6.60. The van der Waals surface area contributed by atoms with E-state index in [-0.39, 0.29) is 41.6 Å². The van der Waals surface area contributed by atoms with Crippen molar-refractivity contribution < 1.29 is 13.9 Å². The molecule has 0 spiro atoms. The predicted octanol–water partition coefficient (Wildman–Crippen LogP) is 3.90.